The molecule has 0 aliphatic heterocycles. The lowest BCUT2D eigenvalue weighted by Gasteiger charge is -2.08. The van der Waals surface area contributed by atoms with Crippen molar-refractivity contribution in [2.75, 3.05) is 7.11 Å². The third kappa shape index (κ3) is 2.69. The van der Waals surface area contributed by atoms with Crippen molar-refractivity contribution in [2.24, 2.45) is 0 Å². The fourth-order valence-electron chi connectivity index (χ4n) is 1.71. The highest BCUT2D eigenvalue weighted by molar-refractivity contribution is 6.33. The van der Waals surface area contributed by atoms with E-state index < -0.39 is 11.8 Å². The van der Waals surface area contributed by atoms with Crippen LogP contribution in [0, 0.1) is 5.82 Å². The van der Waals surface area contributed by atoms with Gasteiger partial charge in [-0.1, -0.05) is 17.7 Å². The van der Waals surface area contributed by atoms with Crippen molar-refractivity contribution in [2.45, 2.75) is 0 Å². The molecule has 0 radical (unpaired) electrons. The van der Waals surface area contributed by atoms with Gasteiger partial charge in [0.05, 0.1) is 12.7 Å². The Hall–Kier alpha value is -2.07. The molecule has 0 amide bonds. The Balaban J connectivity index is 2.54. The van der Waals surface area contributed by atoms with Crippen LogP contribution in [0.2, 0.25) is 5.02 Å². The molecule has 19 heavy (non-hydrogen) atoms. The normalized spacial score (nSPS) is 10.3. The summed E-state index contributed by atoms with van der Waals surface area (Å²) >= 11 is 6.01. The topological polar surface area (TPSA) is 46.5 Å². The van der Waals surface area contributed by atoms with E-state index in [1.165, 1.54) is 37.4 Å². The number of carbonyl (C=O) groups is 1. The highest BCUT2D eigenvalue weighted by Gasteiger charge is 2.11. The molecule has 0 aromatic heterocycles. The lowest BCUT2D eigenvalue weighted by Crippen LogP contribution is -1.96. The molecule has 2 aromatic rings. The van der Waals surface area contributed by atoms with Gasteiger partial charge in [-0.25, -0.2) is 9.18 Å². The zero-order valence-corrected chi connectivity index (χ0v) is 10.7. The highest BCUT2D eigenvalue weighted by atomic mass is 35.5. The largest absolute Gasteiger partial charge is 0.494 e. The molecule has 0 saturated carbocycles. The summed E-state index contributed by atoms with van der Waals surface area (Å²) in [4.78, 5) is 10.9. The Morgan fingerprint density at radius 2 is 2.00 bits per heavy atom. The molecule has 1 N–H and O–H groups in total. The van der Waals surface area contributed by atoms with Gasteiger partial charge in [-0.05, 0) is 35.9 Å². The van der Waals surface area contributed by atoms with Crippen molar-refractivity contribution in [3.8, 4) is 16.9 Å². The van der Waals surface area contributed by atoms with Crippen LogP contribution in [-0.2, 0) is 0 Å². The second-order valence-corrected chi connectivity index (χ2v) is 4.26. The van der Waals surface area contributed by atoms with Crippen LogP contribution in [0.4, 0.5) is 4.39 Å². The van der Waals surface area contributed by atoms with Crippen LogP contribution in [0.1, 0.15) is 10.4 Å². The van der Waals surface area contributed by atoms with Crippen molar-refractivity contribution in [1.82, 2.24) is 0 Å². The molecular weight excluding hydrogens is 271 g/mol. The van der Waals surface area contributed by atoms with E-state index in [1.54, 1.807) is 6.07 Å². The number of rotatable bonds is 3. The summed E-state index contributed by atoms with van der Waals surface area (Å²) in [5.41, 5.74) is 1.05. The van der Waals surface area contributed by atoms with Crippen molar-refractivity contribution >= 4 is 17.6 Å². The quantitative estimate of drug-likeness (QED) is 0.929. The molecule has 0 saturated heterocycles. The minimum Gasteiger partial charge on any atom is -0.494 e. The van der Waals surface area contributed by atoms with Crippen LogP contribution in [0.5, 0.6) is 5.75 Å². The van der Waals surface area contributed by atoms with E-state index in [0.29, 0.717) is 16.1 Å². The Kier molecular flexibility index (Phi) is 3.71. The molecule has 0 bridgehead atoms. The van der Waals surface area contributed by atoms with Gasteiger partial charge in [-0.2, -0.15) is 0 Å². The smallest absolute Gasteiger partial charge is 0.335 e. The number of carboxylic acid groups (broad SMARTS) is 1. The van der Waals surface area contributed by atoms with Gasteiger partial charge in [0.1, 0.15) is 0 Å². The van der Waals surface area contributed by atoms with Crippen LogP contribution >= 0.6 is 11.6 Å². The SMILES string of the molecule is COc1ccc(-c2cc(C(=O)O)ccc2Cl)cc1F. The van der Waals surface area contributed by atoms with Crippen molar-refractivity contribution in [1.29, 1.82) is 0 Å². The lowest BCUT2D eigenvalue weighted by atomic mass is 10.0. The fourth-order valence-corrected chi connectivity index (χ4v) is 1.94. The zero-order chi connectivity index (χ0) is 14.0. The van der Waals surface area contributed by atoms with Gasteiger partial charge < -0.3 is 9.84 Å². The maximum atomic E-state index is 13.6. The van der Waals surface area contributed by atoms with Crippen LogP contribution in [0.15, 0.2) is 36.4 Å². The van der Waals surface area contributed by atoms with E-state index in [-0.39, 0.29) is 11.3 Å². The van der Waals surface area contributed by atoms with Crippen LogP contribution in [0.3, 0.4) is 0 Å². The number of carboxylic acids is 1. The first-order valence-electron chi connectivity index (χ1n) is 5.39. The summed E-state index contributed by atoms with van der Waals surface area (Å²) < 4.78 is 18.5. The summed E-state index contributed by atoms with van der Waals surface area (Å²) in [6.45, 7) is 0. The monoisotopic (exact) mass is 280 g/mol. The second kappa shape index (κ2) is 5.28. The molecule has 0 aliphatic carbocycles. The molecule has 0 spiro atoms. The van der Waals surface area contributed by atoms with Gasteiger partial charge in [0.15, 0.2) is 11.6 Å². The Morgan fingerprint density at radius 3 is 2.58 bits per heavy atom. The van der Waals surface area contributed by atoms with Crippen molar-refractivity contribution < 1.29 is 19.0 Å². The van der Waals surface area contributed by atoms with E-state index >= 15 is 0 Å². The van der Waals surface area contributed by atoms with E-state index in [0.717, 1.165) is 0 Å². The van der Waals surface area contributed by atoms with Gasteiger partial charge in [0.25, 0.3) is 0 Å². The molecule has 98 valence electrons. The standard InChI is InChI=1S/C14H10ClFO3/c1-19-13-5-3-8(7-12(13)16)10-6-9(14(17)18)2-4-11(10)15/h2-7H,1H3,(H,17,18). The number of halogens is 2. The maximum absolute atomic E-state index is 13.6. The van der Waals surface area contributed by atoms with Gasteiger partial charge in [0, 0.05) is 10.6 Å². The summed E-state index contributed by atoms with van der Waals surface area (Å²) in [6, 6.07) is 8.62. The molecule has 0 unspecified atom stereocenters. The van der Waals surface area contributed by atoms with Gasteiger partial charge >= 0.3 is 5.97 Å². The van der Waals surface area contributed by atoms with E-state index in [9.17, 15) is 9.18 Å². The van der Waals surface area contributed by atoms with Gasteiger partial charge in [-0.3, -0.25) is 0 Å². The molecular formula is C14H10ClFO3. The molecule has 0 aliphatic rings. The summed E-state index contributed by atoms with van der Waals surface area (Å²) in [5, 5.41) is 9.30. The molecule has 5 heteroatoms. The average molecular weight is 281 g/mol. The average Bonchev–Trinajstić information content (AvgIpc) is 2.38. The third-order valence-electron chi connectivity index (χ3n) is 2.68. The van der Waals surface area contributed by atoms with E-state index in [2.05, 4.69) is 0 Å². The summed E-state index contributed by atoms with van der Waals surface area (Å²) in [5.74, 6) is -1.47. The highest BCUT2D eigenvalue weighted by Crippen LogP contribution is 2.31. The molecule has 0 heterocycles. The minimum atomic E-state index is -1.06. The second-order valence-electron chi connectivity index (χ2n) is 3.85. The first-order valence-corrected chi connectivity index (χ1v) is 5.77. The Morgan fingerprint density at radius 1 is 1.26 bits per heavy atom. The van der Waals surface area contributed by atoms with Crippen LogP contribution in [0.25, 0.3) is 11.1 Å². The third-order valence-corrected chi connectivity index (χ3v) is 3.01. The molecule has 3 nitrogen and oxygen atoms in total. The molecule has 2 aromatic carbocycles. The fraction of sp³-hybridized carbons (Fsp3) is 0.0714. The number of methoxy groups -OCH3 is 1. The first-order chi connectivity index (χ1) is 9.02. The van der Waals surface area contributed by atoms with Gasteiger partial charge in [0.2, 0.25) is 0 Å². The predicted molar refractivity (Wildman–Crippen MR) is 70.4 cm³/mol. The number of benzene rings is 2. The Bertz CT molecular complexity index is 641. The van der Waals surface area contributed by atoms with Crippen LogP contribution in [-0.4, -0.2) is 18.2 Å². The van der Waals surface area contributed by atoms with Crippen LogP contribution < -0.4 is 4.74 Å². The van der Waals surface area contributed by atoms with E-state index in [4.69, 9.17) is 21.4 Å². The zero-order valence-electron chi connectivity index (χ0n) is 9.98. The summed E-state index contributed by atoms with van der Waals surface area (Å²) in [7, 11) is 1.37. The summed E-state index contributed by atoms with van der Waals surface area (Å²) in [6.07, 6.45) is 0. The number of hydrogen-bond acceptors (Lipinski definition) is 2. The van der Waals surface area contributed by atoms with E-state index in [1.807, 2.05) is 0 Å². The maximum Gasteiger partial charge on any atom is 0.335 e. The minimum absolute atomic E-state index is 0.0932. The van der Waals surface area contributed by atoms with Gasteiger partial charge in [-0.15, -0.1) is 0 Å². The first kappa shape index (κ1) is 13.4. The lowest BCUT2D eigenvalue weighted by molar-refractivity contribution is 0.0697. The predicted octanol–water partition coefficient (Wildman–Crippen LogP) is 3.85. The molecule has 0 atom stereocenters. The molecule has 0 fully saturated rings. The Labute approximate surface area is 114 Å². The number of ether oxygens (including phenoxy) is 1. The number of hydrogen-bond donors (Lipinski definition) is 1. The van der Waals surface area contributed by atoms with Crippen molar-refractivity contribution in [3.05, 3.63) is 52.8 Å². The number of aromatic carboxylic acids is 1. The molecule has 2 rings (SSSR count). The van der Waals surface area contributed by atoms with Crippen molar-refractivity contribution in [3.63, 3.8) is 0 Å².